The lowest BCUT2D eigenvalue weighted by molar-refractivity contribution is -0.140. The molecule has 1 atom stereocenters. The van der Waals surface area contributed by atoms with Crippen molar-refractivity contribution in [3.63, 3.8) is 0 Å². The molecule has 2 aromatic rings. The summed E-state index contributed by atoms with van der Waals surface area (Å²) in [6, 6.07) is 8.24. The number of ether oxygens (including phenoxy) is 1. The first-order valence-corrected chi connectivity index (χ1v) is 13.3. The van der Waals surface area contributed by atoms with Gasteiger partial charge >= 0.3 is 12.0 Å². The van der Waals surface area contributed by atoms with Gasteiger partial charge in [-0.15, -0.1) is 0 Å². The number of carbonyl (C=O) groups is 2. The number of carboxylic acid groups (broad SMARTS) is 1. The van der Waals surface area contributed by atoms with Crippen LogP contribution < -0.4 is 21.3 Å². The number of urea groups is 1. The number of aliphatic carboxylic acids is 1. The quantitative estimate of drug-likeness (QED) is 0.124. The average Bonchev–Trinajstić information content (AvgIpc) is 2.86. The molecule has 12 nitrogen and oxygen atoms in total. The van der Waals surface area contributed by atoms with Gasteiger partial charge in [0.2, 0.25) is 0 Å². The van der Waals surface area contributed by atoms with E-state index in [1.165, 1.54) is 6.33 Å². The second kappa shape index (κ2) is 19.4. The third kappa shape index (κ3) is 13.4. The number of nitrogens with two attached hydrogens (primary N) is 1. The number of carbonyl (C=O) groups excluding carboxylic acids is 1. The van der Waals surface area contributed by atoms with Gasteiger partial charge in [0.1, 0.15) is 18.7 Å². The minimum atomic E-state index is -1.34. The summed E-state index contributed by atoms with van der Waals surface area (Å²) < 4.78 is 5.65. The molecule has 0 saturated heterocycles. The second-order valence-electron chi connectivity index (χ2n) is 7.23. The molecule has 1 heterocycles. The summed E-state index contributed by atoms with van der Waals surface area (Å²) >= 11 is 2.15. The molecule has 13 heteroatoms. The topological polar surface area (TPSA) is 183 Å². The monoisotopic (exact) mass is 620 g/mol. The molecule has 0 aliphatic heterocycles. The molecule has 1 unspecified atom stereocenters. The molecule has 0 radical (unpaired) electrons. The zero-order valence-electron chi connectivity index (χ0n) is 21.0. The van der Waals surface area contributed by atoms with Crippen LogP contribution in [0.25, 0.3) is 0 Å². The number of amides is 2. The van der Waals surface area contributed by atoms with Crippen molar-refractivity contribution in [2.45, 2.75) is 45.5 Å². The summed E-state index contributed by atoms with van der Waals surface area (Å²) in [5.74, 6) is -0.332. The van der Waals surface area contributed by atoms with Crippen molar-refractivity contribution in [1.82, 2.24) is 15.3 Å². The lowest BCUT2D eigenvalue weighted by atomic mass is 10.1. The lowest BCUT2D eigenvalue weighted by Gasteiger charge is -2.23. The lowest BCUT2D eigenvalue weighted by Crippen LogP contribution is -2.30. The van der Waals surface area contributed by atoms with Gasteiger partial charge in [-0.2, -0.15) is 0 Å². The third-order valence-electron chi connectivity index (χ3n) is 4.41. The smallest absolute Gasteiger partial charge is 0.320 e. The van der Waals surface area contributed by atoms with Gasteiger partial charge < -0.3 is 36.0 Å². The zero-order valence-corrected chi connectivity index (χ0v) is 23.2. The van der Waals surface area contributed by atoms with Crippen LogP contribution in [0.5, 0.6) is 0 Å². The van der Waals surface area contributed by atoms with Crippen molar-refractivity contribution in [1.29, 1.82) is 0 Å². The number of aliphatic hydroxyl groups is 2. The maximum atomic E-state index is 11.6. The van der Waals surface area contributed by atoms with Gasteiger partial charge in [0, 0.05) is 19.2 Å². The number of nitrogen functional groups attached to an aromatic ring is 1. The van der Waals surface area contributed by atoms with Gasteiger partial charge in [-0.05, 0) is 18.3 Å². The van der Waals surface area contributed by atoms with Gasteiger partial charge in [-0.3, -0.25) is 10.1 Å². The molecule has 0 bridgehead atoms. The van der Waals surface area contributed by atoms with Crippen LogP contribution in [0.3, 0.4) is 0 Å². The molecular formula is C23H37IN6O6. The van der Waals surface area contributed by atoms with Gasteiger partial charge in [0.15, 0.2) is 17.9 Å². The van der Waals surface area contributed by atoms with Crippen molar-refractivity contribution < 1.29 is 29.6 Å². The van der Waals surface area contributed by atoms with Gasteiger partial charge in [-0.25, -0.2) is 14.8 Å². The van der Waals surface area contributed by atoms with E-state index in [0.29, 0.717) is 24.3 Å². The van der Waals surface area contributed by atoms with Crippen LogP contribution in [0, 0.1) is 0 Å². The third-order valence-corrected chi connectivity index (χ3v) is 4.41. The Bertz CT molecular complexity index is 891. The molecular weight excluding hydrogens is 583 g/mol. The first-order valence-electron chi connectivity index (χ1n) is 11.2. The van der Waals surface area contributed by atoms with Crippen LogP contribution in [0.2, 0.25) is 0 Å². The highest BCUT2D eigenvalue weighted by molar-refractivity contribution is 14.1. The number of alkyl halides is 1. The minimum Gasteiger partial charge on any atom is -0.481 e. The Hall–Kier alpha value is -2.75. The fourth-order valence-electron chi connectivity index (χ4n) is 2.77. The van der Waals surface area contributed by atoms with Gasteiger partial charge in [0.25, 0.3) is 0 Å². The number of benzene rings is 1. The largest absolute Gasteiger partial charge is 0.481 e. The Morgan fingerprint density at radius 3 is 2.31 bits per heavy atom. The minimum absolute atomic E-state index is 0.0646. The van der Waals surface area contributed by atoms with Crippen LogP contribution in [0.1, 0.15) is 45.0 Å². The maximum absolute atomic E-state index is 11.6. The summed E-state index contributed by atoms with van der Waals surface area (Å²) in [6.07, 6.45) is 0.948. The highest BCUT2D eigenvalue weighted by Crippen LogP contribution is 2.25. The number of hydrogen-bond acceptors (Lipinski definition) is 9. The molecule has 7 N–H and O–H groups in total. The van der Waals surface area contributed by atoms with Crippen LogP contribution >= 0.6 is 22.6 Å². The number of aliphatic hydroxyl groups excluding tert-OH is 1. The van der Waals surface area contributed by atoms with Crippen LogP contribution in [-0.4, -0.2) is 68.6 Å². The van der Waals surface area contributed by atoms with Crippen molar-refractivity contribution in [3.8, 4) is 0 Å². The second-order valence-corrected chi connectivity index (χ2v) is 7.23. The van der Waals surface area contributed by atoms with Crippen molar-refractivity contribution >= 4 is 51.9 Å². The fourth-order valence-corrected chi connectivity index (χ4v) is 2.77. The van der Waals surface area contributed by atoms with Crippen LogP contribution in [-0.2, 0) is 9.53 Å². The SMILES string of the molecule is CCCC(CC(=O)O)OCN(C)c1ncnc(NC(=O)NCC)c1N.CI.OC(O)c1ccccc1. The Labute approximate surface area is 225 Å². The highest BCUT2D eigenvalue weighted by Gasteiger charge is 2.17. The van der Waals surface area contributed by atoms with Gasteiger partial charge in [-0.1, -0.05) is 66.3 Å². The summed E-state index contributed by atoms with van der Waals surface area (Å²) in [5.41, 5.74) is 6.74. The van der Waals surface area contributed by atoms with E-state index >= 15 is 0 Å². The summed E-state index contributed by atoms with van der Waals surface area (Å²) in [6.45, 7) is 4.34. The highest BCUT2D eigenvalue weighted by atomic mass is 127. The molecule has 2 rings (SSSR count). The van der Waals surface area contributed by atoms with E-state index in [9.17, 15) is 9.59 Å². The normalized spacial score (nSPS) is 10.8. The Morgan fingerprint density at radius 2 is 1.81 bits per heavy atom. The summed E-state index contributed by atoms with van der Waals surface area (Å²) in [4.78, 5) is 34.1. The molecule has 0 spiro atoms. The Balaban J connectivity index is 0.000000922. The molecule has 0 fully saturated rings. The van der Waals surface area contributed by atoms with E-state index in [1.807, 2.05) is 17.9 Å². The standard InChI is InChI=1S/C15H26N6O4.C7H8O2.CH3I/c1-4-6-10(7-11(22)23)25-9-21(3)14-12(16)13(18-8-19-14)20-15(24)17-5-2;8-7(9)6-4-2-1-3-5-6;1-2/h8,10H,4-7,9,16H2,1-3H3,(H,22,23)(H2,17,18,19,20,24);1-5,7-9H;1H3. The van der Waals surface area contributed by atoms with Crippen LogP contribution in [0.15, 0.2) is 36.7 Å². The number of aromatic nitrogens is 2. The first-order chi connectivity index (χ1) is 17.2. The molecule has 36 heavy (non-hydrogen) atoms. The van der Waals surface area contributed by atoms with Crippen molar-refractivity contribution in [2.24, 2.45) is 0 Å². The molecule has 0 aliphatic rings. The van der Waals surface area contributed by atoms with E-state index in [-0.39, 0.29) is 30.8 Å². The maximum Gasteiger partial charge on any atom is 0.320 e. The van der Waals surface area contributed by atoms with E-state index in [1.54, 1.807) is 43.1 Å². The average molecular weight is 620 g/mol. The number of rotatable bonds is 11. The number of hydrogen-bond donors (Lipinski definition) is 6. The number of nitrogens with zero attached hydrogens (tertiary/aromatic N) is 3. The molecule has 202 valence electrons. The molecule has 1 aromatic carbocycles. The van der Waals surface area contributed by atoms with E-state index in [4.69, 9.17) is 25.8 Å². The predicted octanol–water partition coefficient (Wildman–Crippen LogP) is 2.97. The molecule has 0 aliphatic carbocycles. The number of carboxylic acids is 1. The number of nitrogens with one attached hydrogen (secondary N) is 2. The molecule has 1 aromatic heterocycles. The summed E-state index contributed by atoms with van der Waals surface area (Å²) in [7, 11) is 1.71. The van der Waals surface area contributed by atoms with E-state index in [0.717, 1.165) is 6.42 Å². The zero-order chi connectivity index (χ0) is 27.5. The van der Waals surface area contributed by atoms with Crippen LogP contribution in [0.4, 0.5) is 22.1 Å². The van der Waals surface area contributed by atoms with Gasteiger partial charge in [0.05, 0.1) is 12.5 Å². The van der Waals surface area contributed by atoms with Crippen molar-refractivity contribution in [3.05, 3.63) is 42.2 Å². The molecule has 0 saturated carbocycles. The summed E-state index contributed by atoms with van der Waals surface area (Å²) in [5, 5.41) is 31.2. The first kappa shape index (κ1) is 33.2. The number of anilines is 3. The Kier molecular flexibility index (Phi) is 18.0. The predicted molar refractivity (Wildman–Crippen MR) is 148 cm³/mol. The molecule has 2 amide bonds. The van der Waals surface area contributed by atoms with Crippen molar-refractivity contribution in [2.75, 3.05) is 41.2 Å². The fraction of sp³-hybridized carbons (Fsp3) is 0.478. The van der Waals surface area contributed by atoms with E-state index in [2.05, 4.69) is 43.2 Å². The Morgan fingerprint density at radius 1 is 1.17 bits per heavy atom. The number of halogens is 1. The van der Waals surface area contributed by atoms with E-state index < -0.39 is 18.3 Å².